The number of rotatable bonds is 0. The van der Waals surface area contributed by atoms with E-state index < -0.39 is 16.4 Å². The molecule has 5 N–H and O–H groups in total. The monoisotopic (exact) mass is 222 g/mol. The van der Waals surface area contributed by atoms with E-state index in [1.807, 2.05) is 0 Å². The van der Waals surface area contributed by atoms with Crippen molar-refractivity contribution in [1.29, 1.82) is 0 Å². The van der Waals surface area contributed by atoms with E-state index in [0.717, 1.165) is 0 Å². The Hall–Kier alpha value is -0.290. The van der Waals surface area contributed by atoms with Gasteiger partial charge in [-0.3, -0.25) is 0 Å². The van der Waals surface area contributed by atoms with E-state index >= 15 is 0 Å². The number of likely N-dealkylation sites (N-methyl/N-ethyl adjacent to an activating group) is 1. The fraction of sp³-hybridized carbons (Fsp3) is 1.00. The number of hydrogen-bond donors (Lipinski definition) is 4. The summed E-state index contributed by atoms with van der Waals surface area (Å²) < 4.78 is 26.5. The van der Waals surface area contributed by atoms with Crippen LogP contribution in [-0.2, 0) is 10.2 Å². The molecule has 3 atom stereocenters. The summed E-state index contributed by atoms with van der Waals surface area (Å²) in [4.78, 5) is 0. The van der Waals surface area contributed by atoms with Crippen molar-refractivity contribution in [2.75, 3.05) is 14.1 Å². The molecule has 0 bridgehead atoms. The van der Waals surface area contributed by atoms with E-state index in [-0.39, 0.29) is 12.2 Å². The molecule has 0 aromatic carbocycles. The van der Waals surface area contributed by atoms with Crippen LogP contribution in [0.25, 0.3) is 0 Å². The standard InChI is InChI=1S/C5H14N6O2S/c1-10-5-3(7-11(2)8-5)4(6)9-14(10,12)13/h3-5,7-9H,6H2,1-2H3. The van der Waals surface area contributed by atoms with E-state index in [2.05, 4.69) is 15.6 Å². The van der Waals surface area contributed by atoms with Crippen LogP contribution in [0.1, 0.15) is 0 Å². The van der Waals surface area contributed by atoms with E-state index in [4.69, 9.17) is 5.73 Å². The van der Waals surface area contributed by atoms with Gasteiger partial charge in [0.2, 0.25) is 0 Å². The molecule has 2 aliphatic heterocycles. The van der Waals surface area contributed by atoms with Crippen molar-refractivity contribution in [3.8, 4) is 0 Å². The topological polar surface area (TPSA) is 103 Å². The highest BCUT2D eigenvalue weighted by Gasteiger charge is 2.46. The lowest BCUT2D eigenvalue weighted by molar-refractivity contribution is 0.198. The number of nitrogens with two attached hydrogens (primary N) is 1. The molecule has 8 nitrogen and oxygen atoms in total. The van der Waals surface area contributed by atoms with Gasteiger partial charge in [0.05, 0.1) is 12.2 Å². The zero-order valence-electron chi connectivity index (χ0n) is 7.93. The Labute approximate surface area is 82.5 Å². The van der Waals surface area contributed by atoms with Crippen molar-refractivity contribution in [2.45, 2.75) is 18.4 Å². The number of hydrazine groups is 2. The summed E-state index contributed by atoms with van der Waals surface area (Å²) in [5.41, 5.74) is 11.6. The molecular formula is C5H14N6O2S. The molecule has 0 aromatic rings. The van der Waals surface area contributed by atoms with Crippen LogP contribution in [0.5, 0.6) is 0 Å². The summed E-state index contributed by atoms with van der Waals surface area (Å²) in [6, 6.07) is -0.173. The number of fused-ring (bicyclic) bond motifs is 1. The van der Waals surface area contributed by atoms with E-state index in [1.165, 1.54) is 11.4 Å². The van der Waals surface area contributed by atoms with Crippen LogP contribution < -0.4 is 21.3 Å². The Morgan fingerprint density at radius 3 is 2.57 bits per heavy atom. The van der Waals surface area contributed by atoms with Gasteiger partial charge >= 0.3 is 0 Å². The molecule has 0 aliphatic carbocycles. The normalized spacial score (nSPS) is 43.8. The lowest BCUT2D eigenvalue weighted by atomic mass is 10.2. The van der Waals surface area contributed by atoms with Gasteiger partial charge in [-0.15, -0.1) is 0 Å². The van der Waals surface area contributed by atoms with Crippen LogP contribution in [0.15, 0.2) is 0 Å². The molecule has 0 radical (unpaired) electrons. The van der Waals surface area contributed by atoms with Gasteiger partial charge in [-0.05, 0) is 0 Å². The van der Waals surface area contributed by atoms with Crippen LogP contribution in [0.4, 0.5) is 0 Å². The van der Waals surface area contributed by atoms with Crippen LogP contribution in [0, 0.1) is 0 Å². The summed E-state index contributed by atoms with van der Waals surface area (Å²) in [5, 5.41) is 1.61. The van der Waals surface area contributed by atoms with Gasteiger partial charge in [-0.25, -0.2) is 10.9 Å². The summed E-state index contributed by atoms with van der Waals surface area (Å²) in [7, 11) is -0.204. The molecule has 2 heterocycles. The van der Waals surface area contributed by atoms with Gasteiger partial charge in [0.25, 0.3) is 10.2 Å². The molecule has 2 fully saturated rings. The minimum absolute atomic E-state index is 0.173. The Bertz CT molecular complexity index is 331. The van der Waals surface area contributed by atoms with Gasteiger partial charge in [-0.1, -0.05) is 0 Å². The second-order valence-corrected chi connectivity index (χ2v) is 5.21. The number of nitrogens with zero attached hydrogens (tertiary/aromatic N) is 2. The third kappa shape index (κ3) is 1.42. The summed E-state index contributed by atoms with van der Waals surface area (Å²) in [6.07, 6.45) is -0.972. The molecule has 9 heteroatoms. The summed E-state index contributed by atoms with van der Waals surface area (Å²) >= 11 is 0. The van der Waals surface area contributed by atoms with Crippen molar-refractivity contribution in [3.05, 3.63) is 0 Å². The largest absolute Gasteiger partial charge is 0.314 e. The lowest BCUT2D eigenvalue weighted by Crippen LogP contribution is -2.69. The third-order valence-corrected chi connectivity index (χ3v) is 4.01. The fourth-order valence-corrected chi connectivity index (χ4v) is 2.81. The molecule has 3 unspecified atom stereocenters. The van der Waals surface area contributed by atoms with Gasteiger partial charge < -0.3 is 5.73 Å². The Balaban J connectivity index is 2.29. The van der Waals surface area contributed by atoms with Crippen molar-refractivity contribution in [1.82, 2.24) is 25.0 Å². The SMILES string of the molecule is CN1NC2C(N)NS(=O)(=O)N(C)C2N1. The quantitative estimate of drug-likeness (QED) is 0.342. The molecular weight excluding hydrogens is 208 g/mol. The van der Waals surface area contributed by atoms with Crippen molar-refractivity contribution in [2.24, 2.45) is 5.73 Å². The molecule has 2 aliphatic rings. The summed E-state index contributed by atoms with van der Waals surface area (Å²) in [6.45, 7) is 0. The Morgan fingerprint density at radius 2 is 1.93 bits per heavy atom. The lowest BCUT2D eigenvalue weighted by Gasteiger charge is -2.36. The zero-order valence-corrected chi connectivity index (χ0v) is 8.75. The predicted octanol–water partition coefficient (Wildman–Crippen LogP) is -3.30. The third-order valence-electron chi connectivity index (χ3n) is 2.45. The van der Waals surface area contributed by atoms with Crippen molar-refractivity contribution < 1.29 is 8.42 Å². The van der Waals surface area contributed by atoms with Gasteiger partial charge in [0, 0.05) is 14.1 Å². The van der Waals surface area contributed by atoms with Crippen molar-refractivity contribution >= 4 is 10.2 Å². The Morgan fingerprint density at radius 1 is 1.29 bits per heavy atom. The van der Waals surface area contributed by atoms with Gasteiger partial charge in [-0.2, -0.15) is 22.6 Å². The fourth-order valence-electron chi connectivity index (χ4n) is 1.67. The van der Waals surface area contributed by atoms with Crippen LogP contribution >= 0.6 is 0 Å². The number of hydrogen-bond acceptors (Lipinski definition) is 6. The van der Waals surface area contributed by atoms with Crippen LogP contribution in [0.3, 0.4) is 0 Å². The molecule has 82 valence electrons. The minimum Gasteiger partial charge on any atom is -0.314 e. The molecule has 0 amide bonds. The average molecular weight is 222 g/mol. The smallest absolute Gasteiger partial charge is 0.282 e. The molecule has 2 rings (SSSR count). The first kappa shape index (κ1) is 10.2. The maximum absolute atomic E-state index is 11.5. The zero-order chi connectivity index (χ0) is 10.5. The van der Waals surface area contributed by atoms with E-state index in [1.54, 1.807) is 12.2 Å². The first-order valence-corrected chi connectivity index (χ1v) is 5.63. The van der Waals surface area contributed by atoms with Crippen LogP contribution in [0.2, 0.25) is 0 Å². The van der Waals surface area contributed by atoms with Gasteiger partial charge in [0.1, 0.15) is 6.17 Å². The highest BCUT2D eigenvalue weighted by Crippen LogP contribution is 2.16. The van der Waals surface area contributed by atoms with Crippen molar-refractivity contribution in [3.63, 3.8) is 0 Å². The number of nitrogens with one attached hydrogen (secondary N) is 3. The molecule has 0 aromatic heterocycles. The maximum Gasteiger partial charge on any atom is 0.282 e. The maximum atomic E-state index is 11.5. The minimum atomic E-state index is -3.46. The first-order valence-electron chi connectivity index (χ1n) is 4.19. The molecule has 14 heavy (non-hydrogen) atoms. The highest BCUT2D eigenvalue weighted by molar-refractivity contribution is 7.87. The second kappa shape index (κ2) is 3.10. The molecule has 0 spiro atoms. The predicted molar refractivity (Wildman–Crippen MR) is 49.4 cm³/mol. The average Bonchev–Trinajstić information content (AvgIpc) is 2.43. The van der Waals surface area contributed by atoms with E-state index in [0.29, 0.717) is 0 Å². The van der Waals surface area contributed by atoms with Crippen LogP contribution in [-0.4, -0.2) is 50.3 Å². The Kier molecular flexibility index (Phi) is 2.27. The molecule has 2 saturated heterocycles. The second-order valence-electron chi connectivity index (χ2n) is 3.45. The first-order chi connectivity index (χ1) is 6.42. The van der Waals surface area contributed by atoms with E-state index in [9.17, 15) is 8.42 Å². The van der Waals surface area contributed by atoms with Gasteiger partial charge in [0.15, 0.2) is 0 Å². The highest BCUT2D eigenvalue weighted by atomic mass is 32.2. The molecule has 0 saturated carbocycles. The summed E-state index contributed by atoms with van der Waals surface area (Å²) in [5.74, 6) is 0.